The van der Waals surface area contributed by atoms with Crippen LogP contribution in [-0.4, -0.2) is 54.8 Å². The maximum absolute atomic E-state index is 12.7. The molecule has 0 amide bonds. The number of nitrogens with two attached hydrogens (primary N) is 1. The van der Waals surface area contributed by atoms with Crippen molar-refractivity contribution in [1.82, 2.24) is 24.5 Å². The Balaban J connectivity index is 1.17. The van der Waals surface area contributed by atoms with Crippen LogP contribution >= 0.6 is 11.9 Å². The van der Waals surface area contributed by atoms with Crippen molar-refractivity contribution >= 4 is 23.8 Å². The van der Waals surface area contributed by atoms with Gasteiger partial charge in [0, 0.05) is 30.4 Å². The first-order chi connectivity index (χ1) is 17.7. The number of alkyl halides is 3. The van der Waals surface area contributed by atoms with Gasteiger partial charge in [0.25, 0.3) is 5.89 Å². The highest BCUT2D eigenvalue weighted by Gasteiger charge is 2.31. The largest absolute Gasteiger partial charge is 0.417 e. The highest BCUT2D eigenvalue weighted by Crippen LogP contribution is 2.31. The number of aromatic nitrogens is 4. The van der Waals surface area contributed by atoms with E-state index in [9.17, 15) is 18.3 Å². The molecule has 4 heterocycles. The van der Waals surface area contributed by atoms with Gasteiger partial charge in [0.2, 0.25) is 0 Å². The average Bonchev–Trinajstić information content (AvgIpc) is 3.32. The molecule has 0 spiro atoms. The topological polar surface area (TPSA) is 126 Å². The zero-order valence-electron chi connectivity index (χ0n) is 19.3. The minimum Gasteiger partial charge on any atom is -0.402 e. The zero-order chi connectivity index (χ0) is 26.0. The van der Waals surface area contributed by atoms with Crippen molar-refractivity contribution in [2.24, 2.45) is 0 Å². The Morgan fingerprint density at radius 3 is 2.51 bits per heavy atom. The van der Waals surface area contributed by atoms with Crippen LogP contribution < -0.4 is 11.1 Å². The van der Waals surface area contributed by atoms with E-state index in [1.165, 1.54) is 18.0 Å². The molecule has 37 heavy (non-hydrogen) atoms. The predicted octanol–water partition coefficient (Wildman–Crippen LogP) is 4.35. The smallest absolute Gasteiger partial charge is 0.402 e. The number of aliphatic hydroxyl groups excluding tert-OH is 1. The summed E-state index contributed by atoms with van der Waals surface area (Å²) in [5.41, 5.74) is 7.12. The molecule has 0 saturated carbocycles. The standard InChI is InChI=1S/C24H22F3N7O2S/c25-24(26,27)16-3-6-21(30-12-16)31-18-8-10-34(13-20(18)35)37-17-4-1-14(2-5-17)15-7-9-29-19(11-15)22-32-33-23(28)36-22/h1-7,9,11-12,18,20,35H,8,10,13H2,(H2,28,33)(H,30,31). The third kappa shape index (κ3) is 6.01. The van der Waals surface area contributed by atoms with Crippen LogP contribution in [0.1, 0.15) is 12.0 Å². The van der Waals surface area contributed by atoms with Crippen LogP contribution in [0, 0.1) is 0 Å². The maximum atomic E-state index is 12.7. The van der Waals surface area contributed by atoms with Crippen molar-refractivity contribution in [1.29, 1.82) is 0 Å². The van der Waals surface area contributed by atoms with Gasteiger partial charge in [-0.25, -0.2) is 9.29 Å². The van der Waals surface area contributed by atoms with Gasteiger partial charge in [0.05, 0.1) is 17.7 Å². The molecule has 9 nitrogen and oxygen atoms in total. The summed E-state index contributed by atoms with van der Waals surface area (Å²) in [5.74, 6) is 0.549. The number of hydrogen-bond acceptors (Lipinski definition) is 10. The first kappa shape index (κ1) is 25.0. The van der Waals surface area contributed by atoms with Crippen LogP contribution in [0.5, 0.6) is 0 Å². The molecule has 13 heteroatoms. The van der Waals surface area contributed by atoms with Crippen molar-refractivity contribution in [3.63, 3.8) is 0 Å². The van der Waals surface area contributed by atoms with Crippen molar-refractivity contribution in [3.05, 3.63) is 66.5 Å². The quantitative estimate of drug-likeness (QED) is 0.310. The van der Waals surface area contributed by atoms with E-state index in [1.54, 1.807) is 6.20 Å². The van der Waals surface area contributed by atoms with E-state index in [0.717, 1.165) is 28.3 Å². The summed E-state index contributed by atoms with van der Waals surface area (Å²) in [6.07, 6.45) is -2.09. The molecule has 0 aliphatic carbocycles. The Morgan fingerprint density at radius 2 is 1.86 bits per heavy atom. The molecule has 1 aliphatic rings. The number of nitrogen functional groups attached to an aromatic ring is 1. The fraction of sp³-hybridized carbons (Fsp3) is 0.250. The van der Waals surface area contributed by atoms with Crippen molar-refractivity contribution in [2.75, 3.05) is 24.1 Å². The number of β-amino-alcohol motifs (C(OH)–C–C–N with tert-alkyl or cyclic N) is 1. The van der Waals surface area contributed by atoms with Crippen LogP contribution in [0.2, 0.25) is 0 Å². The van der Waals surface area contributed by atoms with E-state index in [0.29, 0.717) is 31.0 Å². The summed E-state index contributed by atoms with van der Waals surface area (Å²) in [6.45, 7) is 1.08. The van der Waals surface area contributed by atoms with Crippen LogP contribution in [-0.2, 0) is 6.18 Å². The Bertz CT molecular complexity index is 1350. The van der Waals surface area contributed by atoms with Crippen LogP contribution in [0.15, 0.2) is 70.2 Å². The van der Waals surface area contributed by atoms with Crippen molar-refractivity contribution in [2.45, 2.75) is 29.6 Å². The molecule has 5 rings (SSSR count). The molecule has 4 aromatic rings. The summed E-state index contributed by atoms with van der Waals surface area (Å²) < 4.78 is 45.5. The average molecular weight is 530 g/mol. The number of nitrogens with one attached hydrogen (secondary N) is 1. The molecule has 0 bridgehead atoms. The number of nitrogens with zero attached hydrogens (tertiary/aromatic N) is 5. The molecule has 2 unspecified atom stereocenters. The number of piperidine rings is 1. The summed E-state index contributed by atoms with van der Waals surface area (Å²) >= 11 is 1.53. The molecule has 4 N–H and O–H groups in total. The van der Waals surface area contributed by atoms with Gasteiger partial charge in [-0.1, -0.05) is 17.2 Å². The van der Waals surface area contributed by atoms with Gasteiger partial charge in [-0.15, -0.1) is 5.10 Å². The van der Waals surface area contributed by atoms with Crippen LogP contribution in [0.4, 0.5) is 25.0 Å². The summed E-state index contributed by atoms with van der Waals surface area (Å²) in [5, 5.41) is 21.2. The fourth-order valence-corrected chi connectivity index (χ4v) is 4.89. The molecule has 1 aromatic carbocycles. The maximum Gasteiger partial charge on any atom is 0.417 e. The van der Waals surface area contributed by atoms with E-state index < -0.39 is 17.8 Å². The minimum absolute atomic E-state index is 0.0234. The third-order valence-corrected chi connectivity index (χ3v) is 6.88. The van der Waals surface area contributed by atoms with Gasteiger partial charge in [-0.05, 0) is 65.9 Å². The lowest BCUT2D eigenvalue weighted by atomic mass is 10.0. The van der Waals surface area contributed by atoms with Gasteiger partial charge in [0.15, 0.2) is 0 Å². The first-order valence-electron chi connectivity index (χ1n) is 11.3. The second-order valence-corrected chi connectivity index (χ2v) is 9.59. The van der Waals surface area contributed by atoms with Crippen LogP contribution in [0.3, 0.4) is 0 Å². The number of halogens is 3. The second kappa shape index (κ2) is 10.4. The molecule has 1 aliphatic heterocycles. The second-order valence-electron chi connectivity index (χ2n) is 8.42. The Labute approximate surface area is 214 Å². The molecule has 0 radical (unpaired) electrons. The van der Waals surface area contributed by atoms with E-state index in [-0.39, 0.29) is 17.9 Å². The van der Waals surface area contributed by atoms with E-state index >= 15 is 0 Å². The zero-order valence-corrected chi connectivity index (χ0v) is 20.1. The van der Waals surface area contributed by atoms with E-state index in [1.807, 2.05) is 36.4 Å². The number of hydrogen-bond donors (Lipinski definition) is 3. The lowest BCUT2D eigenvalue weighted by Crippen LogP contribution is -2.47. The normalized spacial score (nSPS) is 18.6. The minimum atomic E-state index is -4.43. The van der Waals surface area contributed by atoms with Gasteiger partial charge < -0.3 is 20.6 Å². The van der Waals surface area contributed by atoms with E-state index in [2.05, 4.69) is 29.8 Å². The SMILES string of the molecule is Nc1nnc(-c2cc(-c3ccc(SN4CCC(Nc5ccc(C(F)(F)F)cn5)C(O)C4)cc3)ccn2)o1. The molecule has 1 fully saturated rings. The molecule has 192 valence electrons. The highest BCUT2D eigenvalue weighted by atomic mass is 32.2. The van der Waals surface area contributed by atoms with Gasteiger partial charge >= 0.3 is 12.2 Å². The number of aliphatic hydroxyl groups is 1. The number of benzene rings is 1. The van der Waals surface area contributed by atoms with Gasteiger partial charge in [-0.3, -0.25) is 4.98 Å². The molecular formula is C24H22F3N7O2S. The molecule has 2 atom stereocenters. The number of anilines is 2. The number of pyridine rings is 2. The monoisotopic (exact) mass is 529 g/mol. The van der Waals surface area contributed by atoms with Crippen molar-refractivity contribution < 1.29 is 22.7 Å². The van der Waals surface area contributed by atoms with E-state index in [4.69, 9.17) is 10.2 Å². The number of rotatable bonds is 6. The highest BCUT2D eigenvalue weighted by molar-refractivity contribution is 7.97. The molecule has 3 aromatic heterocycles. The van der Waals surface area contributed by atoms with Gasteiger partial charge in [-0.2, -0.15) is 13.2 Å². The Hall–Kier alpha value is -3.68. The first-order valence-corrected chi connectivity index (χ1v) is 12.1. The Kier molecular flexibility index (Phi) is 7.00. The molecule has 1 saturated heterocycles. The van der Waals surface area contributed by atoms with Gasteiger partial charge in [0.1, 0.15) is 11.5 Å². The summed E-state index contributed by atoms with van der Waals surface area (Å²) in [4.78, 5) is 9.10. The van der Waals surface area contributed by atoms with Crippen molar-refractivity contribution in [3.8, 4) is 22.7 Å². The molecular weight excluding hydrogens is 507 g/mol. The lowest BCUT2D eigenvalue weighted by molar-refractivity contribution is -0.137. The lowest BCUT2D eigenvalue weighted by Gasteiger charge is -2.35. The summed E-state index contributed by atoms with van der Waals surface area (Å²) in [6, 6.07) is 13.6. The Morgan fingerprint density at radius 1 is 1.05 bits per heavy atom. The third-order valence-electron chi connectivity index (χ3n) is 5.81. The fourth-order valence-electron chi connectivity index (χ4n) is 3.91. The predicted molar refractivity (Wildman–Crippen MR) is 132 cm³/mol. The summed E-state index contributed by atoms with van der Waals surface area (Å²) in [7, 11) is 0. The van der Waals surface area contributed by atoms with Crippen LogP contribution in [0.25, 0.3) is 22.7 Å².